The number of ketones is 1. The van der Waals surface area contributed by atoms with Crippen LogP contribution in [0, 0.1) is 12.7 Å². The van der Waals surface area contributed by atoms with Gasteiger partial charge in [0.25, 0.3) is 0 Å². The highest BCUT2D eigenvalue weighted by atomic mass is 19.1. The molecule has 0 aromatic heterocycles. The molecular weight excluding hydrogens is 193 g/mol. The average Bonchev–Trinajstić information content (AvgIpc) is 2.22. The van der Waals surface area contributed by atoms with Crippen molar-refractivity contribution in [3.8, 4) is 0 Å². The van der Waals surface area contributed by atoms with Crippen LogP contribution in [0.1, 0.15) is 29.3 Å². The number of carbonyl (C=O) groups excluding carboxylic acids is 1. The molecule has 1 aromatic rings. The molecule has 0 radical (unpaired) electrons. The summed E-state index contributed by atoms with van der Waals surface area (Å²) in [6.07, 6.45) is 0.962. The smallest absolute Gasteiger partial charge is 0.179 e. The summed E-state index contributed by atoms with van der Waals surface area (Å²) in [6, 6.07) is 4.58. The summed E-state index contributed by atoms with van der Waals surface area (Å²) in [5.41, 5.74) is 1.08. The first-order valence-corrected chi connectivity index (χ1v) is 5.15. The van der Waals surface area contributed by atoms with Gasteiger partial charge in [0.15, 0.2) is 5.78 Å². The molecule has 0 saturated heterocycles. The molecule has 0 aliphatic carbocycles. The zero-order valence-corrected chi connectivity index (χ0v) is 9.14. The summed E-state index contributed by atoms with van der Waals surface area (Å²) >= 11 is 0. The lowest BCUT2D eigenvalue weighted by Crippen LogP contribution is -2.24. The summed E-state index contributed by atoms with van der Waals surface area (Å²) < 4.78 is 13.3. The van der Waals surface area contributed by atoms with Crippen LogP contribution in [-0.2, 0) is 0 Å². The Morgan fingerprint density at radius 3 is 2.87 bits per heavy atom. The van der Waals surface area contributed by atoms with E-state index in [1.165, 1.54) is 6.07 Å². The predicted octanol–water partition coefficient (Wildman–Crippen LogP) is 2.32. The van der Waals surface area contributed by atoms with Gasteiger partial charge in [-0.15, -0.1) is 0 Å². The fourth-order valence-electron chi connectivity index (χ4n) is 1.33. The van der Waals surface area contributed by atoms with Crippen molar-refractivity contribution in [1.82, 2.24) is 5.32 Å². The number of hydrogen-bond acceptors (Lipinski definition) is 2. The largest absolute Gasteiger partial charge is 0.310 e. The van der Waals surface area contributed by atoms with Crippen LogP contribution in [0.4, 0.5) is 4.39 Å². The van der Waals surface area contributed by atoms with E-state index in [0.717, 1.165) is 18.5 Å². The molecule has 3 heteroatoms. The highest BCUT2D eigenvalue weighted by molar-refractivity contribution is 5.98. The molecular formula is C12H16FNO. The van der Waals surface area contributed by atoms with Gasteiger partial charge in [0.05, 0.1) is 12.1 Å². The van der Waals surface area contributed by atoms with Crippen molar-refractivity contribution in [3.63, 3.8) is 0 Å². The molecule has 1 aromatic carbocycles. The van der Waals surface area contributed by atoms with E-state index in [2.05, 4.69) is 5.32 Å². The van der Waals surface area contributed by atoms with Gasteiger partial charge in [-0.25, -0.2) is 4.39 Å². The Bertz CT molecular complexity index is 349. The van der Waals surface area contributed by atoms with Crippen LogP contribution in [0.2, 0.25) is 0 Å². The van der Waals surface area contributed by atoms with Crippen molar-refractivity contribution in [2.45, 2.75) is 20.3 Å². The first-order chi connectivity index (χ1) is 7.15. The van der Waals surface area contributed by atoms with Crippen molar-refractivity contribution in [2.24, 2.45) is 0 Å². The van der Waals surface area contributed by atoms with Gasteiger partial charge in [0, 0.05) is 0 Å². The van der Waals surface area contributed by atoms with Crippen LogP contribution in [0.5, 0.6) is 0 Å². The van der Waals surface area contributed by atoms with Crippen molar-refractivity contribution < 1.29 is 9.18 Å². The number of aryl methyl sites for hydroxylation is 1. The molecule has 0 saturated carbocycles. The van der Waals surface area contributed by atoms with Gasteiger partial charge in [0.1, 0.15) is 5.82 Å². The Kier molecular flexibility index (Phi) is 4.43. The van der Waals surface area contributed by atoms with Gasteiger partial charge in [-0.1, -0.05) is 18.6 Å². The van der Waals surface area contributed by atoms with E-state index in [9.17, 15) is 9.18 Å². The molecule has 1 N–H and O–H groups in total. The molecule has 0 atom stereocenters. The highest BCUT2D eigenvalue weighted by Crippen LogP contribution is 2.10. The fraction of sp³-hybridized carbons (Fsp3) is 0.417. The Morgan fingerprint density at radius 2 is 2.20 bits per heavy atom. The van der Waals surface area contributed by atoms with Crippen LogP contribution >= 0.6 is 0 Å². The molecule has 2 nitrogen and oxygen atoms in total. The maximum Gasteiger partial charge on any atom is 0.179 e. The van der Waals surface area contributed by atoms with Crippen molar-refractivity contribution in [2.75, 3.05) is 13.1 Å². The summed E-state index contributed by atoms with van der Waals surface area (Å²) in [7, 11) is 0. The highest BCUT2D eigenvalue weighted by Gasteiger charge is 2.10. The Hall–Kier alpha value is -1.22. The van der Waals surface area contributed by atoms with Gasteiger partial charge in [-0.3, -0.25) is 4.79 Å². The van der Waals surface area contributed by atoms with Crippen molar-refractivity contribution >= 4 is 5.78 Å². The van der Waals surface area contributed by atoms with E-state index in [-0.39, 0.29) is 17.9 Å². The molecule has 0 bridgehead atoms. The van der Waals surface area contributed by atoms with Crippen molar-refractivity contribution in [1.29, 1.82) is 0 Å². The van der Waals surface area contributed by atoms with Crippen LogP contribution in [0.25, 0.3) is 0 Å². The Labute approximate surface area is 89.5 Å². The second-order valence-electron chi connectivity index (χ2n) is 3.58. The number of nitrogens with one attached hydrogen (secondary N) is 1. The van der Waals surface area contributed by atoms with Crippen LogP contribution < -0.4 is 5.32 Å². The van der Waals surface area contributed by atoms with Crippen LogP contribution in [0.3, 0.4) is 0 Å². The van der Waals surface area contributed by atoms with E-state index in [4.69, 9.17) is 0 Å². The van der Waals surface area contributed by atoms with Gasteiger partial charge < -0.3 is 5.32 Å². The van der Waals surface area contributed by atoms with Crippen LogP contribution in [-0.4, -0.2) is 18.9 Å². The van der Waals surface area contributed by atoms with Crippen molar-refractivity contribution in [3.05, 3.63) is 35.1 Å². The van der Waals surface area contributed by atoms with Gasteiger partial charge in [-0.05, 0) is 32.0 Å². The SMILES string of the molecule is CCCNCC(=O)c1cc(C)ccc1F. The molecule has 0 unspecified atom stereocenters. The lowest BCUT2D eigenvalue weighted by Gasteiger charge is -2.04. The van der Waals surface area contributed by atoms with E-state index >= 15 is 0 Å². The zero-order chi connectivity index (χ0) is 11.3. The van der Waals surface area contributed by atoms with Crippen LogP contribution in [0.15, 0.2) is 18.2 Å². The second-order valence-corrected chi connectivity index (χ2v) is 3.58. The molecule has 1 rings (SSSR count). The second kappa shape index (κ2) is 5.61. The minimum absolute atomic E-state index is 0.179. The van der Waals surface area contributed by atoms with E-state index in [1.54, 1.807) is 12.1 Å². The zero-order valence-electron chi connectivity index (χ0n) is 9.14. The maximum atomic E-state index is 13.3. The molecule has 0 spiro atoms. The quantitative estimate of drug-likeness (QED) is 0.595. The first kappa shape index (κ1) is 11.9. The molecule has 0 amide bonds. The molecule has 0 heterocycles. The summed E-state index contributed by atoms with van der Waals surface area (Å²) in [4.78, 5) is 11.6. The molecule has 0 fully saturated rings. The number of benzene rings is 1. The van der Waals surface area contributed by atoms with E-state index in [1.807, 2.05) is 13.8 Å². The monoisotopic (exact) mass is 209 g/mol. The topological polar surface area (TPSA) is 29.1 Å². The minimum atomic E-state index is -0.441. The number of Topliss-reactive ketones (excluding diaryl/α,β-unsaturated/α-hetero) is 1. The standard InChI is InChI=1S/C12H16FNO/c1-3-6-14-8-12(15)10-7-9(2)4-5-11(10)13/h4-5,7,14H,3,6,8H2,1-2H3. The number of hydrogen-bond donors (Lipinski definition) is 1. The fourth-order valence-corrected chi connectivity index (χ4v) is 1.33. The lowest BCUT2D eigenvalue weighted by atomic mass is 10.1. The number of rotatable bonds is 5. The van der Waals surface area contributed by atoms with E-state index in [0.29, 0.717) is 0 Å². The minimum Gasteiger partial charge on any atom is -0.310 e. The van der Waals surface area contributed by atoms with Gasteiger partial charge in [-0.2, -0.15) is 0 Å². The molecule has 0 aliphatic rings. The van der Waals surface area contributed by atoms with E-state index < -0.39 is 5.82 Å². The number of halogens is 1. The normalized spacial score (nSPS) is 10.3. The number of carbonyl (C=O) groups is 1. The molecule has 15 heavy (non-hydrogen) atoms. The summed E-state index contributed by atoms with van der Waals surface area (Å²) in [5.74, 6) is -0.631. The predicted molar refractivity (Wildman–Crippen MR) is 58.6 cm³/mol. The molecule has 0 aliphatic heterocycles. The average molecular weight is 209 g/mol. The maximum absolute atomic E-state index is 13.3. The lowest BCUT2D eigenvalue weighted by molar-refractivity contribution is 0.0987. The molecule has 82 valence electrons. The third-order valence-electron chi connectivity index (χ3n) is 2.13. The third-order valence-corrected chi connectivity index (χ3v) is 2.13. The first-order valence-electron chi connectivity index (χ1n) is 5.15. The van der Waals surface area contributed by atoms with Gasteiger partial charge in [0.2, 0.25) is 0 Å². The van der Waals surface area contributed by atoms with Gasteiger partial charge >= 0.3 is 0 Å². The Morgan fingerprint density at radius 1 is 1.47 bits per heavy atom. The third kappa shape index (κ3) is 3.44. The summed E-state index contributed by atoms with van der Waals surface area (Å²) in [6.45, 7) is 4.84. The summed E-state index contributed by atoms with van der Waals surface area (Å²) in [5, 5.41) is 2.96. The Balaban J connectivity index is 2.68.